The van der Waals surface area contributed by atoms with Crippen LogP contribution in [0.2, 0.25) is 0 Å². The molecule has 2 aliphatic heterocycles. The van der Waals surface area contributed by atoms with E-state index in [1.54, 1.807) is 0 Å². The maximum Gasteiger partial charge on any atom is 0.320 e. The van der Waals surface area contributed by atoms with Crippen molar-refractivity contribution in [3.05, 3.63) is 83.2 Å². The van der Waals surface area contributed by atoms with Crippen LogP contribution in [-0.2, 0) is 6.54 Å². The van der Waals surface area contributed by atoms with Crippen LogP contribution in [0.15, 0.2) is 60.7 Å². The number of carbonyl (C=O) groups excluding carboxylic acids is 1. The summed E-state index contributed by atoms with van der Waals surface area (Å²) in [6, 6.07) is 21.3. The fraction of sp³-hybridized carbons (Fsp3) is 0.310. The Morgan fingerprint density at radius 3 is 2.74 bits per heavy atom. The van der Waals surface area contributed by atoms with Gasteiger partial charge in [-0.3, -0.25) is 0 Å². The van der Waals surface area contributed by atoms with Crippen LogP contribution < -0.4 is 4.74 Å². The Bertz CT molecular complexity index is 1390. The van der Waals surface area contributed by atoms with Gasteiger partial charge in [-0.2, -0.15) is 0 Å². The third kappa shape index (κ3) is 4.03. The van der Waals surface area contributed by atoms with E-state index in [-0.39, 0.29) is 12.1 Å². The smallest absolute Gasteiger partial charge is 0.320 e. The lowest BCUT2D eigenvalue weighted by atomic mass is 9.98. The van der Waals surface area contributed by atoms with E-state index in [1.165, 1.54) is 5.56 Å². The minimum Gasteiger partial charge on any atom is -0.491 e. The Kier molecular flexibility index (Phi) is 5.44. The summed E-state index contributed by atoms with van der Waals surface area (Å²) in [6.07, 6.45) is 2.04. The van der Waals surface area contributed by atoms with Crippen LogP contribution in [0.5, 0.6) is 5.75 Å². The van der Waals surface area contributed by atoms with E-state index >= 15 is 0 Å². The van der Waals surface area contributed by atoms with E-state index in [2.05, 4.69) is 71.5 Å². The van der Waals surface area contributed by atoms with Gasteiger partial charge in [0.25, 0.3) is 0 Å². The largest absolute Gasteiger partial charge is 0.491 e. The molecule has 6 heteroatoms. The Hall–Kier alpha value is -3.80. The number of rotatable bonds is 2. The fourth-order valence-corrected chi connectivity index (χ4v) is 5.56. The Labute approximate surface area is 205 Å². The van der Waals surface area contributed by atoms with Gasteiger partial charge in [-0.05, 0) is 73.2 Å². The Balaban J connectivity index is 1.30. The molecule has 1 unspecified atom stereocenters. The number of H-pyrrole nitrogens is 1. The number of aromatic amines is 1. The van der Waals surface area contributed by atoms with Crippen LogP contribution in [0, 0.1) is 13.8 Å². The molecule has 3 aromatic carbocycles. The zero-order valence-electron chi connectivity index (χ0n) is 20.3. The maximum atomic E-state index is 13.7. The molecule has 0 saturated carbocycles. The van der Waals surface area contributed by atoms with Crippen molar-refractivity contribution < 1.29 is 9.53 Å². The highest BCUT2D eigenvalue weighted by molar-refractivity contribution is 5.83. The summed E-state index contributed by atoms with van der Waals surface area (Å²) in [6.45, 7) is 6.49. The van der Waals surface area contributed by atoms with Crippen LogP contribution in [0.1, 0.15) is 41.4 Å². The molecule has 1 N–H and O–H groups in total. The van der Waals surface area contributed by atoms with Crippen LogP contribution in [0.4, 0.5) is 4.79 Å². The molecule has 178 valence electrons. The first-order chi connectivity index (χ1) is 17.1. The number of ether oxygens (including phenoxy) is 1. The Morgan fingerprint density at radius 1 is 1.03 bits per heavy atom. The molecule has 2 aliphatic rings. The summed E-state index contributed by atoms with van der Waals surface area (Å²) in [4.78, 5) is 25.6. The molecule has 6 nitrogen and oxygen atoms in total. The number of amides is 2. The molecule has 1 atom stereocenters. The van der Waals surface area contributed by atoms with Gasteiger partial charge in [-0.15, -0.1) is 0 Å². The molecule has 1 saturated heterocycles. The topological polar surface area (TPSA) is 61.5 Å². The number of nitrogens with zero attached hydrogens (tertiary/aromatic N) is 3. The molecule has 0 aliphatic carbocycles. The predicted molar refractivity (Wildman–Crippen MR) is 137 cm³/mol. The van der Waals surface area contributed by atoms with Gasteiger partial charge in [-0.1, -0.05) is 36.4 Å². The molecule has 0 bridgehead atoms. The van der Waals surface area contributed by atoms with Gasteiger partial charge in [0.2, 0.25) is 0 Å². The summed E-state index contributed by atoms with van der Waals surface area (Å²) in [5.74, 6) is 1.82. The molecular formula is C29H30N4O2. The number of aryl methyl sites for hydroxylation is 2. The number of benzene rings is 3. The lowest BCUT2D eigenvalue weighted by molar-refractivity contribution is 0.141. The van der Waals surface area contributed by atoms with Crippen molar-refractivity contribution in [2.75, 3.05) is 19.7 Å². The first-order valence-electron chi connectivity index (χ1n) is 12.4. The van der Waals surface area contributed by atoms with E-state index in [1.807, 2.05) is 22.8 Å². The number of imidazole rings is 1. The first kappa shape index (κ1) is 21.7. The van der Waals surface area contributed by atoms with Gasteiger partial charge in [0.05, 0.1) is 30.2 Å². The number of nitrogens with one attached hydrogen (secondary N) is 1. The predicted octanol–water partition coefficient (Wildman–Crippen LogP) is 6.00. The molecule has 1 aromatic heterocycles. The number of carbonyl (C=O) groups is 1. The van der Waals surface area contributed by atoms with Gasteiger partial charge in [0.1, 0.15) is 18.2 Å². The number of fused-ring (bicyclic) bond motifs is 2. The third-order valence-corrected chi connectivity index (χ3v) is 7.21. The van der Waals surface area contributed by atoms with E-state index in [0.717, 1.165) is 64.2 Å². The summed E-state index contributed by atoms with van der Waals surface area (Å²) in [5, 5.41) is 0. The second kappa shape index (κ2) is 8.77. The molecule has 2 amide bonds. The average molecular weight is 467 g/mol. The van der Waals surface area contributed by atoms with Gasteiger partial charge >= 0.3 is 6.03 Å². The molecule has 1 fully saturated rings. The number of likely N-dealkylation sites (tertiary alicyclic amines) is 1. The van der Waals surface area contributed by atoms with Crippen molar-refractivity contribution in [3.8, 4) is 16.9 Å². The van der Waals surface area contributed by atoms with Crippen molar-refractivity contribution in [3.63, 3.8) is 0 Å². The van der Waals surface area contributed by atoms with Crippen molar-refractivity contribution in [1.29, 1.82) is 0 Å². The van der Waals surface area contributed by atoms with Crippen LogP contribution in [0.3, 0.4) is 0 Å². The summed E-state index contributed by atoms with van der Waals surface area (Å²) in [5.41, 5.74) is 7.61. The van der Waals surface area contributed by atoms with Crippen LogP contribution >= 0.6 is 0 Å². The quantitative estimate of drug-likeness (QED) is 0.394. The van der Waals surface area contributed by atoms with Gasteiger partial charge < -0.3 is 19.5 Å². The number of urea groups is 1. The molecule has 35 heavy (non-hydrogen) atoms. The third-order valence-electron chi connectivity index (χ3n) is 7.21. The lowest BCUT2D eigenvalue weighted by Gasteiger charge is -2.31. The highest BCUT2D eigenvalue weighted by Crippen LogP contribution is 2.36. The van der Waals surface area contributed by atoms with Crippen molar-refractivity contribution >= 4 is 17.1 Å². The summed E-state index contributed by atoms with van der Waals surface area (Å²) >= 11 is 0. The van der Waals surface area contributed by atoms with E-state index in [0.29, 0.717) is 19.7 Å². The van der Waals surface area contributed by atoms with Gasteiger partial charge in [0, 0.05) is 12.1 Å². The van der Waals surface area contributed by atoms with Crippen molar-refractivity contribution in [2.45, 2.75) is 39.3 Å². The minimum atomic E-state index is 0.102. The highest BCUT2D eigenvalue weighted by atomic mass is 16.5. The number of aromatic nitrogens is 2. The normalized spacial score (nSPS) is 17.8. The van der Waals surface area contributed by atoms with Gasteiger partial charge in [0.15, 0.2) is 0 Å². The monoisotopic (exact) mass is 466 g/mol. The van der Waals surface area contributed by atoms with E-state index in [4.69, 9.17) is 4.74 Å². The number of hydrogen-bond acceptors (Lipinski definition) is 3. The summed E-state index contributed by atoms with van der Waals surface area (Å²) in [7, 11) is 0. The average Bonchev–Trinajstić information content (AvgIpc) is 3.44. The standard InChI is InChI=1S/C29H30N4O2/c1-19-15-23(22-10-11-25-26(17-22)31-20(2)30-25)16-24-18-32(13-14-35-28(19)24)29(34)33-12-6-9-27(33)21-7-4-3-5-8-21/h3-5,7-8,10-11,15-17,27H,6,9,12-14,18H2,1-2H3,(H,30,31). The zero-order valence-corrected chi connectivity index (χ0v) is 20.3. The number of hydrogen-bond donors (Lipinski definition) is 1. The maximum absolute atomic E-state index is 13.7. The lowest BCUT2D eigenvalue weighted by Crippen LogP contribution is -2.43. The molecular weight excluding hydrogens is 436 g/mol. The molecule has 4 aromatic rings. The van der Waals surface area contributed by atoms with Crippen molar-refractivity contribution in [2.24, 2.45) is 0 Å². The fourth-order valence-electron chi connectivity index (χ4n) is 5.56. The molecule has 0 spiro atoms. The van der Waals surface area contributed by atoms with Crippen LogP contribution in [0.25, 0.3) is 22.2 Å². The van der Waals surface area contributed by atoms with Crippen LogP contribution in [-0.4, -0.2) is 45.5 Å². The zero-order chi connectivity index (χ0) is 23.9. The SMILES string of the molecule is Cc1nc2ccc(-c3cc(C)c4c(c3)CN(C(=O)N3CCCC3c3ccccc3)CCO4)cc2[nH]1. The first-order valence-corrected chi connectivity index (χ1v) is 12.4. The van der Waals surface area contributed by atoms with E-state index < -0.39 is 0 Å². The van der Waals surface area contributed by atoms with E-state index in [9.17, 15) is 4.79 Å². The molecule has 6 rings (SSSR count). The Morgan fingerprint density at radius 2 is 1.89 bits per heavy atom. The van der Waals surface area contributed by atoms with Gasteiger partial charge in [-0.25, -0.2) is 9.78 Å². The minimum absolute atomic E-state index is 0.102. The molecule has 3 heterocycles. The van der Waals surface area contributed by atoms with Crippen molar-refractivity contribution in [1.82, 2.24) is 19.8 Å². The summed E-state index contributed by atoms with van der Waals surface area (Å²) < 4.78 is 6.17. The second-order valence-electron chi connectivity index (χ2n) is 9.65. The highest BCUT2D eigenvalue weighted by Gasteiger charge is 2.34. The molecule has 0 radical (unpaired) electrons. The second-order valence-corrected chi connectivity index (χ2v) is 9.65.